The summed E-state index contributed by atoms with van der Waals surface area (Å²) in [5, 5.41) is 8.69. The van der Waals surface area contributed by atoms with Crippen molar-refractivity contribution in [1.82, 2.24) is 0 Å². The molecule has 1 atom stereocenters. The van der Waals surface area contributed by atoms with E-state index < -0.39 is 12.0 Å². The van der Waals surface area contributed by atoms with Crippen LogP contribution in [0.5, 0.6) is 0 Å². The molecule has 0 spiro atoms. The fourth-order valence-electron chi connectivity index (χ4n) is 1.69. The Hall–Kier alpha value is -1.35. The van der Waals surface area contributed by atoms with E-state index in [1.807, 2.05) is 24.3 Å². The van der Waals surface area contributed by atoms with Crippen molar-refractivity contribution >= 4 is 5.97 Å². The van der Waals surface area contributed by atoms with Crippen molar-refractivity contribution in [2.24, 2.45) is 5.73 Å². The Bertz CT molecular complexity index is 382. The molecule has 17 heavy (non-hydrogen) atoms. The highest BCUT2D eigenvalue weighted by Gasteiger charge is 2.18. The first-order valence-corrected chi connectivity index (χ1v) is 5.94. The minimum absolute atomic E-state index is 0.0312. The number of benzene rings is 1. The summed E-state index contributed by atoms with van der Waals surface area (Å²) in [7, 11) is 0. The third-order valence-electron chi connectivity index (χ3n) is 3.40. The average molecular weight is 235 g/mol. The molecule has 0 aliphatic rings. The molecule has 1 rings (SSSR count). The van der Waals surface area contributed by atoms with E-state index in [1.165, 1.54) is 5.56 Å². The SMILES string of the molecule is CCC(C)(C)c1ccc(C(N)CC(=O)O)cc1. The summed E-state index contributed by atoms with van der Waals surface area (Å²) in [6.45, 7) is 6.54. The molecule has 3 N–H and O–H groups in total. The molecule has 0 aromatic heterocycles. The van der Waals surface area contributed by atoms with Crippen molar-refractivity contribution in [2.75, 3.05) is 0 Å². The van der Waals surface area contributed by atoms with Gasteiger partial charge in [-0.05, 0) is 23.0 Å². The van der Waals surface area contributed by atoms with Gasteiger partial charge in [0.15, 0.2) is 0 Å². The van der Waals surface area contributed by atoms with Crippen LogP contribution < -0.4 is 5.73 Å². The maximum Gasteiger partial charge on any atom is 0.305 e. The lowest BCUT2D eigenvalue weighted by Gasteiger charge is -2.23. The highest BCUT2D eigenvalue weighted by Crippen LogP contribution is 2.27. The summed E-state index contributed by atoms with van der Waals surface area (Å²) < 4.78 is 0. The fraction of sp³-hybridized carbons (Fsp3) is 0.500. The van der Waals surface area contributed by atoms with Gasteiger partial charge in [0, 0.05) is 6.04 Å². The molecule has 94 valence electrons. The van der Waals surface area contributed by atoms with Crippen LogP contribution in [0.3, 0.4) is 0 Å². The van der Waals surface area contributed by atoms with Crippen molar-refractivity contribution in [3.63, 3.8) is 0 Å². The van der Waals surface area contributed by atoms with E-state index in [2.05, 4.69) is 20.8 Å². The maximum absolute atomic E-state index is 10.6. The number of rotatable bonds is 5. The topological polar surface area (TPSA) is 63.3 Å². The Morgan fingerprint density at radius 1 is 1.35 bits per heavy atom. The molecular weight excluding hydrogens is 214 g/mol. The van der Waals surface area contributed by atoms with Gasteiger partial charge in [0.05, 0.1) is 6.42 Å². The maximum atomic E-state index is 10.6. The molecule has 0 aliphatic heterocycles. The van der Waals surface area contributed by atoms with Gasteiger partial charge in [0.25, 0.3) is 0 Å². The van der Waals surface area contributed by atoms with Gasteiger partial charge in [-0.15, -0.1) is 0 Å². The third-order valence-corrected chi connectivity index (χ3v) is 3.40. The van der Waals surface area contributed by atoms with Crippen LogP contribution >= 0.6 is 0 Å². The Kier molecular flexibility index (Phi) is 4.29. The van der Waals surface area contributed by atoms with Crippen LogP contribution in [0.2, 0.25) is 0 Å². The monoisotopic (exact) mass is 235 g/mol. The molecule has 0 saturated carbocycles. The molecule has 0 amide bonds. The summed E-state index contributed by atoms with van der Waals surface area (Å²) in [6.07, 6.45) is 1.03. The lowest BCUT2D eigenvalue weighted by Crippen LogP contribution is -2.17. The molecule has 0 radical (unpaired) electrons. The second-order valence-corrected chi connectivity index (χ2v) is 5.06. The molecule has 0 aliphatic carbocycles. The van der Waals surface area contributed by atoms with E-state index in [0.29, 0.717) is 0 Å². The molecular formula is C14H21NO2. The number of carboxylic acid groups (broad SMARTS) is 1. The van der Waals surface area contributed by atoms with Gasteiger partial charge in [-0.1, -0.05) is 45.0 Å². The van der Waals surface area contributed by atoms with E-state index in [0.717, 1.165) is 12.0 Å². The van der Waals surface area contributed by atoms with E-state index in [-0.39, 0.29) is 11.8 Å². The van der Waals surface area contributed by atoms with Crippen LogP contribution in [0, 0.1) is 0 Å². The van der Waals surface area contributed by atoms with Crippen molar-refractivity contribution in [3.05, 3.63) is 35.4 Å². The van der Waals surface area contributed by atoms with Crippen LogP contribution in [0.25, 0.3) is 0 Å². The first-order chi connectivity index (χ1) is 7.86. The van der Waals surface area contributed by atoms with Crippen LogP contribution in [0.1, 0.15) is 50.8 Å². The van der Waals surface area contributed by atoms with Crippen LogP contribution in [-0.4, -0.2) is 11.1 Å². The predicted molar refractivity (Wildman–Crippen MR) is 68.9 cm³/mol. The number of nitrogens with two attached hydrogens (primary N) is 1. The minimum atomic E-state index is -0.865. The molecule has 3 heteroatoms. The first kappa shape index (κ1) is 13.7. The Morgan fingerprint density at radius 2 is 1.88 bits per heavy atom. The Morgan fingerprint density at radius 3 is 2.29 bits per heavy atom. The summed E-state index contributed by atoms with van der Waals surface area (Å²) in [6, 6.07) is 7.52. The summed E-state index contributed by atoms with van der Waals surface area (Å²) in [5.74, 6) is -0.865. The van der Waals surface area contributed by atoms with Gasteiger partial charge in [-0.25, -0.2) is 0 Å². The third kappa shape index (κ3) is 3.56. The van der Waals surface area contributed by atoms with Crippen molar-refractivity contribution in [2.45, 2.75) is 45.1 Å². The fourth-order valence-corrected chi connectivity index (χ4v) is 1.69. The summed E-state index contributed by atoms with van der Waals surface area (Å²) >= 11 is 0. The van der Waals surface area contributed by atoms with E-state index in [1.54, 1.807) is 0 Å². The first-order valence-electron chi connectivity index (χ1n) is 5.94. The average Bonchev–Trinajstić information content (AvgIpc) is 2.28. The molecule has 0 fully saturated rings. The number of carbonyl (C=O) groups is 1. The number of aliphatic carboxylic acids is 1. The zero-order chi connectivity index (χ0) is 13.1. The standard InChI is InChI=1S/C14H21NO2/c1-4-14(2,3)11-7-5-10(6-8-11)12(15)9-13(16)17/h5-8,12H,4,9,15H2,1-3H3,(H,16,17). The smallest absolute Gasteiger partial charge is 0.305 e. The van der Waals surface area contributed by atoms with E-state index in [9.17, 15) is 4.79 Å². The molecule has 0 saturated heterocycles. The Labute approximate surface area is 103 Å². The highest BCUT2D eigenvalue weighted by atomic mass is 16.4. The van der Waals surface area contributed by atoms with Crippen LogP contribution in [0.4, 0.5) is 0 Å². The zero-order valence-electron chi connectivity index (χ0n) is 10.7. The summed E-state index contributed by atoms with van der Waals surface area (Å²) in [5.41, 5.74) is 8.09. The van der Waals surface area contributed by atoms with Crippen LogP contribution in [-0.2, 0) is 10.2 Å². The van der Waals surface area contributed by atoms with Crippen molar-refractivity contribution < 1.29 is 9.90 Å². The second-order valence-electron chi connectivity index (χ2n) is 5.06. The highest BCUT2D eigenvalue weighted by molar-refractivity contribution is 5.67. The van der Waals surface area contributed by atoms with Gasteiger partial charge in [0.2, 0.25) is 0 Å². The molecule has 1 aromatic rings. The van der Waals surface area contributed by atoms with Gasteiger partial charge in [0.1, 0.15) is 0 Å². The second kappa shape index (κ2) is 5.32. The molecule has 0 bridgehead atoms. The van der Waals surface area contributed by atoms with Gasteiger partial charge in [-0.3, -0.25) is 4.79 Å². The molecule has 1 unspecified atom stereocenters. The largest absolute Gasteiger partial charge is 0.481 e. The zero-order valence-corrected chi connectivity index (χ0v) is 10.7. The lowest BCUT2D eigenvalue weighted by atomic mass is 9.82. The number of carboxylic acids is 1. The van der Waals surface area contributed by atoms with Crippen molar-refractivity contribution in [3.8, 4) is 0 Å². The summed E-state index contributed by atoms with van der Waals surface area (Å²) in [4.78, 5) is 10.6. The van der Waals surface area contributed by atoms with Gasteiger partial charge in [-0.2, -0.15) is 0 Å². The predicted octanol–water partition coefficient (Wildman–Crippen LogP) is 2.85. The van der Waals surface area contributed by atoms with E-state index in [4.69, 9.17) is 10.8 Å². The van der Waals surface area contributed by atoms with Gasteiger partial charge < -0.3 is 10.8 Å². The number of hydrogen-bond acceptors (Lipinski definition) is 2. The van der Waals surface area contributed by atoms with Crippen LogP contribution in [0.15, 0.2) is 24.3 Å². The lowest BCUT2D eigenvalue weighted by molar-refractivity contribution is -0.137. The van der Waals surface area contributed by atoms with E-state index >= 15 is 0 Å². The number of hydrogen-bond donors (Lipinski definition) is 2. The molecule has 1 aromatic carbocycles. The Balaban J connectivity index is 2.84. The molecule has 3 nitrogen and oxygen atoms in total. The molecule has 0 heterocycles. The van der Waals surface area contributed by atoms with Crippen molar-refractivity contribution in [1.29, 1.82) is 0 Å². The van der Waals surface area contributed by atoms with Gasteiger partial charge >= 0.3 is 5.97 Å². The quantitative estimate of drug-likeness (QED) is 0.824. The normalized spacial score (nSPS) is 13.4. The minimum Gasteiger partial charge on any atom is -0.481 e.